The summed E-state index contributed by atoms with van der Waals surface area (Å²) in [5.41, 5.74) is 7.18. The van der Waals surface area contributed by atoms with E-state index in [0.29, 0.717) is 5.56 Å². The number of hydrogen-bond donors (Lipinski definition) is 3. The second-order valence-corrected chi connectivity index (χ2v) is 4.32. The Balaban J connectivity index is 2.53. The molecule has 5 heteroatoms. The molecule has 0 saturated heterocycles. The molecule has 0 saturated carbocycles. The molecule has 16 heavy (non-hydrogen) atoms. The first-order chi connectivity index (χ1) is 7.46. The van der Waals surface area contributed by atoms with Gasteiger partial charge in [0.2, 0.25) is 5.91 Å². The Labute approximate surface area is 92.9 Å². The highest BCUT2D eigenvalue weighted by Gasteiger charge is 2.38. The van der Waals surface area contributed by atoms with Crippen LogP contribution in [0.2, 0.25) is 0 Å². The standard InChI is InChI=1S/C11H13N3O2/c1-11(2)7-4-3-6(9(12)14-16)5-8(7)13-10(11)15/h3-5,16H,1-2H3,(H2,12,14)(H,13,15). The summed E-state index contributed by atoms with van der Waals surface area (Å²) < 4.78 is 0. The lowest BCUT2D eigenvalue weighted by molar-refractivity contribution is -0.119. The van der Waals surface area contributed by atoms with Crippen molar-refractivity contribution >= 4 is 17.4 Å². The van der Waals surface area contributed by atoms with E-state index in [-0.39, 0.29) is 11.7 Å². The van der Waals surface area contributed by atoms with Crippen LogP contribution in [-0.2, 0) is 10.2 Å². The van der Waals surface area contributed by atoms with Crippen LogP contribution >= 0.6 is 0 Å². The highest BCUT2D eigenvalue weighted by molar-refractivity contribution is 6.07. The van der Waals surface area contributed by atoms with Crippen molar-refractivity contribution in [3.05, 3.63) is 29.3 Å². The Morgan fingerprint density at radius 3 is 2.81 bits per heavy atom. The minimum Gasteiger partial charge on any atom is -0.409 e. The predicted octanol–water partition coefficient (Wildman–Crippen LogP) is 1.01. The lowest BCUT2D eigenvalue weighted by Gasteiger charge is -2.14. The van der Waals surface area contributed by atoms with E-state index in [1.807, 2.05) is 19.9 Å². The zero-order valence-electron chi connectivity index (χ0n) is 9.11. The van der Waals surface area contributed by atoms with Gasteiger partial charge in [-0.15, -0.1) is 0 Å². The molecule has 1 aromatic rings. The summed E-state index contributed by atoms with van der Waals surface area (Å²) in [6, 6.07) is 5.26. The van der Waals surface area contributed by atoms with Gasteiger partial charge in [0.1, 0.15) is 0 Å². The summed E-state index contributed by atoms with van der Waals surface area (Å²) in [5, 5.41) is 14.3. The van der Waals surface area contributed by atoms with Gasteiger partial charge < -0.3 is 16.3 Å². The monoisotopic (exact) mass is 219 g/mol. The Hall–Kier alpha value is -2.04. The molecule has 1 aromatic carbocycles. The van der Waals surface area contributed by atoms with Gasteiger partial charge >= 0.3 is 0 Å². The van der Waals surface area contributed by atoms with Crippen LogP contribution in [0, 0.1) is 0 Å². The van der Waals surface area contributed by atoms with E-state index in [1.54, 1.807) is 12.1 Å². The largest absolute Gasteiger partial charge is 0.409 e. The third-order valence-corrected chi connectivity index (χ3v) is 2.91. The van der Waals surface area contributed by atoms with Crippen LogP contribution in [0.5, 0.6) is 0 Å². The molecular weight excluding hydrogens is 206 g/mol. The summed E-state index contributed by atoms with van der Waals surface area (Å²) in [6.45, 7) is 3.72. The zero-order chi connectivity index (χ0) is 11.9. The fourth-order valence-electron chi connectivity index (χ4n) is 1.81. The second-order valence-electron chi connectivity index (χ2n) is 4.32. The molecule has 0 fully saturated rings. The zero-order valence-corrected chi connectivity index (χ0v) is 9.11. The van der Waals surface area contributed by atoms with Crippen molar-refractivity contribution in [1.82, 2.24) is 0 Å². The number of oxime groups is 1. The van der Waals surface area contributed by atoms with Gasteiger partial charge in [0.25, 0.3) is 0 Å². The maximum atomic E-state index is 11.7. The molecule has 0 atom stereocenters. The van der Waals surface area contributed by atoms with Crippen molar-refractivity contribution in [1.29, 1.82) is 0 Å². The fourth-order valence-corrected chi connectivity index (χ4v) is 1.81. The third-order valence-electron chi connectivity index (χ3n) is 2.91. The van der Waals surface area contributed by atoms with Crippen LogP contribution in [0.4, 0.5) is 5.69 Å². The van der Waals surface area contributed by atoms with Crippen LogP contribution in [0.25, 0.3) is 0 Å². The molecule has 0 spiro atoms. The molecule has 0 aliphatic carbocycles. The average molecular weight is 219 g/mol. The molecule has 84 valence electrons. The molecule has 4 N–H and O–H groups in total. The molecule has 1 heterocycles. The first-order valence-electron chi connectivity index (χ1n) is 4.90. The lowest BCUT2D eigenvalue weighted by atomic mass is 9.86. The highest BCUT2D eigenvalue weighted by atomic mass is 16.4. The molecule has 5 nitrogen and oxygen atoms in total. The van der Waals surface area contributed by atoms with Gasteiger partial charge in [-0.3, -0.25) is 4.79 Å². The number of nitrogens with zero attached hydrogens (tertiary/aromatic N) is 1. The fraction of sp³-hybridized carbons (Fsp3) is 0.273. The van der Waals surface area contributed by atoms with Crippen molar-refractivity contribution in [3.63, 3.8) is 0 Å². The Bertz CT molecular complexity index is 492. The first kappa shape index (κ1) is 10.5. The summed E-state index contributed by atoms with van der Waals surface area (Å²) in [7, 11) is 0. The maximum absolute atomic E-state index is 11.7. The quantitative estimate of drug-likeness (QED) is 0.285. The molecule has 2 rings (SSSR count). The molecule has 0 radical (unpaired) electrons. The molecule has 0 unspecified atom stereocenters. The van der Waals surface area contributed by atoms with E-state index in [4.69, 9.17) is 10.9 Å². The highest BCUT2D eigenvalue weighted by Crippen LogP contribution is 2.37. The number of hydrogen-bond acceptors (Lipinski definition) is 3. The van der Waals surface area contributed by atoms with Crippen molar-refractivity contribution in [2.24, 2.45) is 10.9 Å². The Morgan fingerprint density at radius 2 is 2.19 bits per heavy atom. The molecule has 0 aromatic heterocycles. The summed E-state index contributed by atoms with van der Waals surface area (Å²) in [4.78, 5) is 11.7. The summed E-state index contributed by atoms with van der Waals surface area (Å²) >= 11 is 0. The second kappa shape index (κ2) is 3.23. The molecule has 0 bridgehead atoms. The smallest absolute Gasteiger partial charge is 0.234 e. The van der Waals surface area contributed by atoms with Gasteiger partial charge in [-0.05, 0) is 25.5 Å². The Morgan fingerprint density at radius 1 is 1.50 bits per heavy atom. The van der Waals surface area contributed by atoms with Crippen molar-refractivity contribution < 1.29 is 10.0 Å². The van der Waals surface area contributed by atoms with Gasteiger partial charge in [-0.2, -0.15) is 0 Å². The lowest BCUT2D eigenvalue weighted by Crippen LogP contribution is -2.26. The van der Waals surface area contributed by atoms with Crippen molar-refractivity contribution in [2.75, 3.05) is 5.32 Å². The van der Waals surface area contributed by atoms with Crippen LogP contribution in [-0.4, -0.2) is 17.0 Å². The summed E-state index contributed by atoms with van der Waals surface area (Å²) in [6.07, 6.45) is 0. The number of anilines is 1. The van der Waals surface area contributed by atoms with E-state index >= 15 is 0 Å². The van der Waals surface area contributed by atoms with E-state index in [2.05, 4.69) is 10.5 Å². The molecule has 1 amide bonds. The van der Waals surface area contributed by atoms with Crippen LogP contribution in [0.15, 0.2) is 23.4 Å². The van der Waals surface area contributed by atoms with E-state index in [0.717, 1.165) is 11.3 Å². The van der Waals surface area contributed by atoms with Crippen molar-refractivity contribution in [3.8, 4) is 0 Å². The number of nitrogens with two attached hydrogens (primary N) is 1. The molecular formula is C11H13N3O2. The van der Waals surface area contributed by atoms with E-state index in [9.17, 15) is 4.79 Å². The van der Waals surface area contributed by atoms with Crippen molar-refractivity contribution in [2.45, 2.75) is 19.3 Å². The van der Waals surface area contributed by atoms with Gasteiger partial charge in [-0.1, -0.05) is 17.3 Å². The molecule has 1 aliphatic heterocycles. The van der Waals surface area contributed by atoms with Crippen LogP contribution in [0.1, 0.15) is 25.0 Å². The average Bonchev–Trinajstić information content (AvgIpc) is 2.48. The molecule has 1 aliphatic rings. The maximum Gasteiger partial charge on any atom is 0.234 e. The number of carbonyl (C=O) groups excluding carboxylic acids is 1. The third kappa shape index (κ3) is 1.32. The number of rotatable bonds is 1. The Kier molecular flexibility index (Phi) is 2.11. The number of fused-ring (bicyclic) bond motifs is 1. The SMILES string of the molecule is CC1(C)C(=O)Nc2cc(C(N)=NO)ccc21. The van der Waals surface area contributed by atoms with Crippen LogP contribution < -0.4 is 11.1 Å². The summed E-state index contributed by atoms with van der Waals surface area (Å²) in [5.74, 6) is -0.0130. The predicted molar refractivity (Wildman–Crippen MR) is 60.6 cm³/mol. The number of amidine groups is 1. The van der Waals surface area contributed by atoms with Crippen LogP contribution in [0.3, 0.4) is 0 Å². The first-order valence-corrected chi connectivity index (χ1v) is 4.90. The number of nitrogens with one attached hydrogen (secondary N) is 1. The normalized spacial score (nSPS) is 18.1. The topological polar surface area (TPSA) is 87.7 Å². The number of carbonyl (C=O) groups is 1. The minimum absolute atomic E-state index is 0.0294. The van der Waals surface area contributed by atoms with Gasteiger partial charge in [0.15, 0.2) is 5.84 Å². The van der Waals surface area contributed by atoms with E-state index < -0.39 is 5.41 Å². The van der Waals surface area contributed by atoms with Gasteiger partial charge in [0.05, 0.1) is 5.41 Å². The van der Waals surface area contributed by atoms with Gasteiger partial charge in [0, 0.05) is 11.3 Å². The number of benzene rings is 1. The minimum atomic E-state index is -0.529. The van der Waals surface area contributed by atoms with E-state index in [1.165, 1.54) is 0 Å². The number of amides is 1. The van der Waals surface area contributed by atoms with Gasteiger partial charge in [-0.25, -0.2) is 0 Å².